The average Bonchev–Trinajstić information content (AvgIpc) is 2.84. The highest BCUT2D eigenvalue weighted by Gasteiger charge is 2.40. The molecule has 0 spiro atoms. The molecule has 1 unspecified atom stereocenters. The second-order valence-corrected chi connectivity index (χ2v) is 7.26. The third-order valence-electron chi connectivity index (χ3n) is 3.91. The van der Waals surface area contributed by atoms with Crippen molar-refractivity contribution >= 4 is 46.8 Å². The van der Waals surface area contributed by atoms with E-state index in [0.29, 0.717) is 15.6 Å². The quantitative estimate of drug-likeness (QED) is 0.823. The predicted molar refractivity (Wildman–Crippen MR) is 96.3 cm³/mol. The highest BCUT2D eigenvalue weighted by molar-refractivity contribution is 8.00. The number of thioether (sulfide) groups is 1. The van der Waals surface area contributed by atoms with E-state index in [2.05, 4.69) is 0 Å². The van der Waals surface area contributed by atoms with Gasteiger partial charge in [-0.2, -0.15) is 0 Å². The Bertz CT molecular complexity index is 883. The Hall–Kier alpha value is -2.31. The van der Waals surface area contributed by atoms with Gasteiger partial charge in [-0.05, 0) is 36.8 Å². The highest BCUT2D eigenvalue weighted by atomic mass is 35.5. The van der Waals surface area contributed by atoms with Gasteiger partial charge in [0, 0.05) is 16.3 Å². The fraction of sp³-hybridized carbons (Fsp3) is 0.167. The Morgan fingerprint density at radius 2 is 1.96 bits per heavy atom. The highest BCUT2D eigenvalue weighted by Crippen LogP contribution is 2.36. The van der Waals surface area contributed by atoms with Crippen molar-refractivity contribution in [3.63, 3.8) is 0 Å². The van der Waals surface area contributed by atoms with Crippen LogP contribution in [-0.4, -0.2) is 28.1 Å². The summed E-state index contributed by atoms with van der Waals surface area (Å²) in [6.45, 7) is 1.83. The van der Waals surface area contributed by atoms with Crippen molar-refractivity contribution in [2.45, 2.75) is 23.5 Å². The lowest BCUT2D eigenvalue weighted by atomic mass is 10.2. The van der Waals surface area contributed by atoms with E-state index in [9.17, 15) is 19.5 Å². The number of carboxylic acid groups (broad SMARTS) is 1. The number of rotatable bonds is 4. The van der Waals surface area contributed by atoms with Crippen molar-refractivity contribution in [2.75, 3.05) is 4.90 Å². The molecule has 3 rings (SSSR count). The SMILES string of the molecule is Cc1ccc(N2C(=O)CC(Sc3ccccc3C(=O)O)C2=O)cc1Cl. The number of carbonyl (C=O) groups excluding carboxylic acids is 2. The lowest BCUT2D eigenvalue weighted by molar-refractivity contribution is -0.121. The lowest BCUT2D eigenvalue weighted by Crippen LogP contribution is -2.31. The van der Waals surface area contributed by atoms with Crippen molar-refractivity contribution in [3.8, 4) is 0 Å². The Morgan fingerprint density at radius 3 is 2.64 bits per heavy atom. The molecule has 0 radical (unpaired) electrons. The number of aryl methyl sites for hydroxylation is 1. The fourth-order valence-electron chi connectivity index (χ4n) is 2.59. The first-order valence-corrected chi connectivity index (χ1v) is 8.76. The van der Waals surface area contributed by atoms with Crippen LogP contribution in [0.3, 0.4) is 0 Å². The molecule has 1 aliphatic rings. The Kier molecular flexibility index (Phi) is 4.83. The minimum atomic E-state index is -1.07. The molecule has 2 amide bonds. The first kappa shape index (κ1) is 17.5. The normalized spacial score (nSPS) is 17.2. The van der Waals surface area contributed by atoms with E-state index in [1.54, 1.807) is 36.4 Å². The lowest BCUT2D eigenvalue weighted by Gasteiger charge is -2.16. The Balaban J connectivity index is 1.87. The number of benzene rings is 2. The first-order chi connectivity index (χ1) is 11.9. The number of aromatic carboxylic acids is 1. The van der Waals surface area contributed by atoms with Gasteiger partial charge in [0.1, 0.15) is 0 Å². The molecule has 1 N–H and O–H groups in total. The van der Waals surface area contributed by atoms with Gasteiger partial charge in [0.2, 0.25) is 11.8 Å². The smallest absolute Gasteiger partial charge is 0.336 e. The van der Waals surface area contributed by atoms with E-state index in [1.807, 2.05) is 6.92 Å². The maximum atomic E-state index is 12.7. The molecule has 25 heavy (non-hydrogen) atoms. The molecule has 5 nitrogen and oxygen atoms in total. The largest absolute Gasteiger partial charge is 0.478 e. The number of carboxylic acids is 1. The second-order valence-electron chi connectivity index (χ2n) is 5.61. The van der Waals surface area contributed by atoms with Crippen molar-refractivity contribution in [1.29, 1.82) is 0 Å². The van der Waals surface area contributed by atoms with E-state index in [-0.39, 0.29) is 23.8 Å². The molecule has 7 heteroatoms. The van der Waals surface area contributed by atoms with Crippen LogP contribution in [0.15, 0.2) is 47.4 Å². The molecule has 1 aliphatic heterocycles. The van der Waals surface area contributed by atoms with Crippen molar-refractivity contribution in [2.24, 2.45) is 0 Å². The monoisotopic (exact) mass is 375 g/mol. The van der Waals surface area contributed by atoms with Crippen LogP contribution >= 0.6 is 23.4 Å². The molecule has 0 saturated carbocycles. The number of anilines is 1. The van der Waals surface area contributed by atoms with Gasteiger partial charge >= 0.3 is 5.97 Å². The molecule has 0 aromatic heterocycles. The maximum Gasteiger partial charge on any atom is 0.336 e. The van der Waals surface area contributed by atoms with Gasteiger partial charge < -0.3 is 5.11 Å². The summed E-state index contributed by atoms with van der Waals surface area (Å²) in [6.07, 6.45) is 0.0168. The number of halogens is 1. The van der Waals surface area contributed by atoms with Crippen LogP contribution in [0.1, 0.15) is 22.3 Å². The molecule has 1 heterocycles. The number of hydrogen-bond acceptors (Lipinski definition) is 4. The molecule has 128 valence electrons. The molecular formula is C18H14ClNO4S. The zero-order valence-corrected chi connectivity index (χ0v) is 14.8. The van der Waals surface area contributed by atoms with E-state index < -0.39 is 11.2 Å². The van der Waals surface area contributed by atoms with Gasteiger partial charge in [0.05, 0.1) is 16.5 Å². The molecular weight excluding hydrogens is 362 g/mol. The summed E-state index contributed by atoms with van der Waals surface area (Å²) in [6, 6.07) is 11.4. The molecule has 0 aliphatic carbocycles. The van der Waals surface area contributed by atoms with Gasteiger partial charge in [0.25, 0.3) is 0 Å². The van der Waals surface area contributed by atoms with E-state index in [1.165, 1.54) is 6.07 Å². The van der Waals surface area contributed by atoms with Crippen molar-refractivity contribution < 1.29 is 19.5 Å². The van der Waals surface area contributed by atoms with Crippen molar-refractivity contribution in [1.82, 2.24) is 0 Å². The third kappa shape index (κ3) is 3.41. The molecule has 2 aromatic rings. The Morgan fingerprint density at radius 1 is 1.24 bits per heavy atom. The fourth-order valence-corrected chi connectivity index (χ4v) is 3.94. The zero-order chi connectivity index (χ0) is 18.1. The minimum absolute atomic E-state index is 0.0168. The molecule has 1 atom stereocenters. The molecule has 2 aromatic carbocycles. The minimum Gasteiger partial charge on any atom is -0.478 e. The number of carbonyl (C=O) groups is 3. The van der Waals surface area contributed by atoms with Crippen LogP contribution in [0.4, 0.5) is 5.69 Å². The predicted octanol–water partition coefficient (Wildman–Crippen LogP) is 3.77. The van der Waals surface area contributed by atoms with E-state index in [4.69, 9.17) is 11.6 Å². The Labute approximate surface area is 153 Å². The van der Waals surface area contributed by atoms with Gasteiger partial charge in [-0.25, -0.2) is 9.69 Å². The van der Waals surface area contributed by atoms with Crippen LogP contribution in [0.25, 0.3) is 0 Å². The number of amides is 2. The summed E-state index contributed by atoms with van der Waals surface area (Å²) in [7, 11) is 0. The first-order valence-electron chi connectivity index (χ1n) is 7.50. The van der Waals surface area contributed by atoms with Gasteiger partial charge in [-0.3, -0.25) is 9.59 Å². The average molecular weight is 376 g/mol. The van der Waals surface area contributed by atoms with Gasteiger partial charge in [0.15, 0.2) is 0 Å². The van der Waals surface area contributed by atoms with E-state index >= 15 is 0 Å². The topological polar surface area (TPSA) is 74.7 Å². The number of nitrogens with zero attached hydrogens (tertiary/aromatic N) is 1. The second kappa shape index (κ2) is 6.90. The summed E-state index contributed by atoms with van der Waals surface area (Å²) in [5.41, 5.74) is 1.40. The summed E-state index contributed by atoms with van der Waals surface area (Å²) in [5, 5.41) is 9.07. The third-order valence-corrected chi connectivity index (χ3v) is 5.58. The van der Waals surface area contributed by atoms with Gasteiger partial charge in [-0.15, -0.1) is 11.8 Å². The zero-order valence-electron chi connectivity index (χ0n) is 13.2. The van der Waals surface area contributed by atoms with Crippen LogP contribution in [-0.2, 0) is 9.59 Å². The molecule has 0 bridgehead atoms. The maximum absolute atomic E-state index is 12.7. The summed E-state index contributed by atoms with van der Waals surface area (Å²) in [5.74, 6) is -1.76. The number of hydrogen-bond donors (Lipinski definition) is 1. The summed E-state index contributed by atoms with van der Waals surface area (Å²) < 4.78 is 0. The summed E-state index contributed by atoms with van der Waals surface area (Å²) in [4.78, 5) is 37.9. The van der Waals surface area contributed by atoms with Crippen LogP contribution in [0.5, 0.6) is 0 Å². The van der Waals surface area contributed by atoms with Crippen LogP contribution in [0, 0.1) is 6.92 Å². The number of imide groups is 1. The van der Waals surface area contributed by atoms with Crippen molar-refractivity contribution in [3.05, 3.63) is 58.6 Å². The van der Waals surface area contributed by atoms with E-state index in [0.717, 1.165) is 22.2 Å². The molecule has 1 fully saturated rings. The summed E-state index contributed by atoms with van der Waals surface area (Å²) >= 11 is 7.19. The standard InChI is InChI=1S/C18H14ClNO4S/c1-10-6-7-11(8-13(10)19)20-16(21)9-15(17(20)22)25-14-5-3-2-4-12(14)18(23)24/h2-8,15H,9H2,1H3,(H,23,24). The van der Waals surface area contributed by atoms with Crippen LogP contribution in [0.2, 0.25) is 5.02 Å². The van der Waals surface area contributed by atoms with Gasteiger partial charge in [-0.1, -0.05) is 29.8 Å². The molecule has 1 saturated heterocycles. The van der Waals surface area contributed by atoms with Crippen LogP contribution < -0.4 is 4.90 Å².